The molecule has 1 saturated carbocycles. The minimum atomic E-state index is -0.844. The Balaban J connectivity index is 1.77. The first-order chi connectivity index (χ1) is 9.63. The number of rotatable bonds is 3. The van der Waals surface area contributed by atoms with Crippen molar-refractivity contribution in [1.82, 2.24) is 10.1 Å². The van der Waals surface area contributed by atoms with Gasteiger partial charge in [0.15, 0.2) is 0 Å². The molecule has 20 heavy (non-hydrogen) atoms. The first kappa shape index (κ1) is 13.3. The van der Waals surface area contributed by atoms with E-state index in [-0.39, 0.29) is 12.0 Å². The molecule has 0 amide bonds. The molecule has 1 aromatic heterocycles. The second kappa shape index (κ2) is 5.34. The average Bonchev–Trinajstić information content (AvgIpc) is 3.07. The Morgan fingerprint density at radius 3 is 2.70 bits per heavy atom. The zero-order valence-corrected chi connectivity index (χ0v) is 11.5. The lowest BCUT2D eigenvalue weighted by molar-refractivity contribution is 0.204. The molecule has 0 bridgehead atoms. The summed E-state index contributed by atoms with van der Waals surface area (Å²) in [5, 5.41) is 14.2. The van der Waals surface area contributed by atoms with Gasteiger partial charge in [0.05, 0.1) is 0 Å². The van der Waals surface area contributed by atoms with Crippen LogP contribution in [-0.4, -0.2) is 21.3 Å². The third-order valence-corrected chi connectivity index (χ3v) is 3.92. The van der Waals surface area contributed by atoms with E-state index in [2.05, 4.69) is 10.1 Å². The quantitative estimate of drug-likeness (QED) is 0.894. The number of benzene rings is 1. The van der Waals surface area contributed by atoms with E-state index in [1.54, 1.807) is 0 Å². The Labute approximate surface area is 117 Å². The molecule has 5 nitrogen and oxygen atoms in total. The Morgan fingerprint density at radius 1 is 1.30 bits per heavy atom. The van der Waals surface area contributed by atoms with E-state index in [1.807, 2.05) is 31.2 Å². The van der Waals surface area contributed by atoms with Crippen LogP contribution in [0.2, 0.25) is 0 Å². The van der Waals surface area contributed by atoms with Gasteiger partial charge in [-0.3, -0.25) is 0 Å². The summed E-state index contributed by atoms with van der Waals surface area (Å²) < 4.78 is 5.29. The van der Waals surface area contributed by atoms with Gasteiger partial charge in [-0.1, -0.05) is 35.0 Å². The number of aliphatic hydroxyl groups excluding tert-OH is 1. The molecule has 106 valence electrons. The first-order valence-corrected chi connectivity index (χ1v) is 6.97. The van der Waals surface area contributed by atoms with Crippen LogP contribution in [0.4, 0.5) is 0 Å². The summed E-state index contributed by atoms with van der Waals surface area (Å²) in [5.41, 5.74) is 7.81. The highest BCUT2D eigenvalue weighted by Crippen LogP contribution is 2.33. The summed E-state index contributed by atoms with van der Waals surface area (Å²) in [6.45, 7) is 2.01. The van der Waals surface area contributed by atoms with Crippen LogP contribution in [0.25, 0.3) is 0 Å². The predicted octanol–water partition coefficient (Wildman–Crippen LogP) is 2.05. The molecule has 5 heteroatoms. The fourth-order valence-electron chi connectivity index (χ4n) is 2.66. The van der Waals surface area contributed by atoms with Crippen molar-refractivity contribution < 1.29 is 9.63 Å². The van der Waals surface area contributed by atoms with Crippen LogP contribution < -0.4 is 5.73 Å². The van der Waals surface area contributed by atoms with Gasteiger partial charge in [-0.2, -0.15) is 4.98 Å². The van der Waals surface area contributed by atoms with Crippen molar-refractivity contribution in [2.75, 3.05) is 0 Å². The number of hydrogen-bond acceptors (Lipinski definition) is 5. The zero-order valence-electron chi connectivity index (χ0n) is 11.5. The largest absolute Gasteiger partial charge is 0.380 e. The predicted molar refractivity (Wildman–Crippen MR) is 74.1 cm³/mol. The first-order valence-electron chi connectivity index (χ1n) is 6.97. The van der Waals surface area contributed by atoms with Gasteiger partial charge in [0, 0.05) is 12.0 Å². The topological polar surface area (TPSA) is 85.2 Å². The summed E-state index contributed by atoms with van der Waals surface area (Å²) in [6, 6.07) is 7.88. The van der Waals surface area contributed by atoms with Gasteiger partial charge in [0.2, 0.25) is 11.7 Å². The van der Waals surface area contributed by atoms with Crippen molar-refractivity contribution in [3.63, 3.8) is 0 Å². The second-order valence-electron chi connectivity index (χ2n) is 5.57. The van der Waals surface area contributed by atoms with Crippen molar-refractivity contribution >= 4 is 0 Å². The molecule has 0 spiro atoms. The van der Waals surface area contributed by atoms with Crippen LogP contribution in [0, 0.1) is 6.92 Å². The zero-order chi connectivity index (χ0) is 14.1. The molecule has 3 atom stereocenters. The normalized spacial score (nSPS) is 23.9. The van der Waals surface area contributed by atoms with Crippen molar-refractivity contribution in [3.8, 4) is 0 Å². The summed E-state index contributed by atoms with van der Waals surface area (Å²) in [5.74, 6) is 1.15. The molecular weight excluding hydrogens is 254 g/mol. The maximum Gasteiger partial charge on any atom is 0.229 e. The van der Waals surface area contributed by atoms with E-state index < -0.39 is 6.10 Å². The Bertz CT molecular complexity index is 579. The van der Waals surface area contributed by atoms with Crippen LogP contribution in [0.5, 0.6) is 0 Å². The fraction of sp³-hybridized carbons (Fsp3) is 0.467. The van der Waals surface area contributed by atoms with Crippen molar-refractivity contribution in [2.45, 2.75) is 44.2 Å². The fourth-order valence-corrected chi connectivity index (χ4v) is 2.66. The highest BCUT2D eigenvalue weighted by molar-refractivity contribution is 5.26. The third kappa shape index (κ3) is 2.59. The van der Waals surface area contributed by atoms with Crippen molar-refractivity contribution in [1.29, 1.82) is 0 Å². The molecule has 2 aromatic rings. The molecule has 3 N–H and O–H groups in total. The lowest BCUT2D eigenvalue weighted by atomic mass is 10.1. The van der Waals surface area contributed by atoms with Crippen LogP contribution in [0.15, 0.2) is 28.8 Å². The Hall–Kier alpha value is -1.72. The van der Waals surface area contributed by atoms with Gasteiger partial charge < -0.3 is 15.4 Å². The number of nitrogens with zero attached hydrogens (tertiary/aromatic N) is 2. The molecule has 1 aliphatic carbocycles. The SMILES string of the molecule is Cc1ccc(C(O)c2noc([C@H]3CC[C@H](N)C3)n2)cc1. The van der Waals surface area contributed by atoms with E-state index in [0.717, 1.165) is 30.4 Å². The lowest BCUT2D eigenvalue weighted by Gasteiger charge is -2.06. The van der Waals surface area contributed by atoms with Gasteiger partial charge in [0.25, 0.3) is 0 Å². The van der Waals surface area contributed by atoms with Crippen LogP contribution in [-0.2, 0) is 0 Å². The van der Waals surface area contributed by atoms with Gasteiger partial charge in [-0.15, -0.1) is 0 Å². The maximum atomic E-state index is 10.3. The van der Waals surface area contributed by atoms with E-state index in [4.69, 9.17) is 10.3 Å². The van der Waals surface area contributed by atoms with Gasteiger partial charge in [-0.05, 0) is 31.7 Å². The van der Waals surface area contributed by atoms with Crippen molar-refractivity contribution in [3.05, 3.63) is 47.1 Å². The standard InChI is InChI=1S/C15H19N3O2/c1-9-2-4-10(5-3-9)13(19)14-17-15(20-18-14)11-6-7-12(16)8-11/h2-5,11-13,19H,6-8,16H2,1H3/t11-,12-,13?/m0/s1. The molecular formula is C15H19N3O2. The summed E-state index contributed by atoms with van der Waals surface area (Å²) in [6.07, 6.45) is 2.00. The number of nitrogens with two attached hydrogens (primary N) is 1. The molecule has 1 unspecified atom stereocenters. The summed E-state index contributed by atoms with van der Waals surface area (Å²) in [4.78, 5) is 4.34. The molecule has 1 fully saturated rings. The van der Waals surface area contributed by atoms with Gasteiger partial charge >= 0.3 is 0 Å². The highest BCUT2D eigenvalue weighted by atomic mass is 16.5. The third-order valence-electron chi connectivity index (χ3n) is 3.92. The molecule has 1 heterocycles. The molecule has 0 radical (unpaired) electrons. The molecule has 0 aliphatic heterocycles. The number of hydrogen-bond donors (Lipinski definition) is 2. The molecule has 1 aliphatic rings. The number of aryl methyl sites for hydroxylation is 1. The lowest BCUT2D eigenvalue weighted by Crippen LogP contribution is -2.14. The van der Waals surface area contributed by atoms with Gasteiger partial charge in [-0.25, -0.2) is 0 Å². The van der Waals surface area contributed by atoms with Crippen LogP contribution in [0.1, 0.15) is 54.1 Å². The second-order valence-corrected chi connectivity index (χ2v) is 5.57. The maximum absolute atomic E-state index is 10.3. The van der Waals surface area contributed by atoms with Gasteiger partial charge in [0.1, 0.15) is 6.10 Å². The van der Waals surface area contributed by atoms with E-state index in [0.29, 0.717) is 11.7 Å². The number of aromatic nitrogens is 2. The molecule has 1 aromatic carbocycles. The summed E-state index contributed by atoms with van der Waals surface area (Å²) >= 11 is 0. The minimum Gasteiger partial charge on any atom is -0.380 e. The van der Waals surface area contributed by atoms with E-state index >= 15 is 0 Å². The van der Waals surface area contributed by atoms with E-state index in [9.17, 15) is 5.11 Å². The van der Waals surface area contributed by atoms with Crippen LogP contribution in [0.3, 0.4) is 0 Å². The smallest absolute Gasteiger partial charge is 0.229 e. The summed E-state index contributed by atoms with van der Waals surface area (Å²) in [7, 11) is 0. The number of aliphatic hydroxyl groups is 1. The van der Waals surface area contributed by atoms with E-state index in [1.165, 1.54) is 0 Å². The Morgan fingerprint density at radius 2 is 2.05 bits per heavy atom. The van der Waals surface area contributed by atoms with Crippen LogP contribution >= 0.6 is 0 Å². The van der Waals surface area contributed by atoms with Crippen molar-refractivity contribution in [2.24, 2.45) is 5.73 Å². The monoisotopic (exact) mass is 273 g/mol. The highest BCUT2D eigenvalue weighted by Gasteiger charge is 2.29. The Kier molecular flexibility index (Phi) is 3.54. The molecule has 3 rings (SSSR count). The average molecular weight is 273 g/mol. The molecule has 0 saturated heterocycles. The minimum absolute atomic E-state index is 0.220.